The van der Waals surface area contributed by atoms with Crippen LogP contribution in [0.1, 0.15) is 16.7 Å². The summed E-state index contributed by atoms with van der Waals surface area (Å²) >= 11 is 6.25. The zero-order valence-corrected chi connectivity index (χ0v) is 21.0. The second-order valence-electron chi connectivity index (χ2n) is 7.78. The summed E-state index contributed by atoms with van der Waals surface area (Å²) in [4.78, 5) is 25.1. The van der Waals surface area contributed by atoms with Gasteiger partial charge in [0.25, 0.3) is 5.91 Å². The first-order valence-corrected chi connectivity index (χ1v) is 12.2. The molecule has 0 unspecified atom stereocenters. The minimum Gasteiger partial charge on any atom is -0.497 e. The molecule has 0 atom stereocenters. The Bertz CT molecular complexity index is 1290. The standard InChI is InChI=1S/C27H23NO6S2/c1-32-21-10-7-19(8-11-21)17-33-22-12-9-20(13-23(22)34-16-18-5-3-2-4-6-18)14-24-26(31)28(15-25(29)30)27(35)36-24/h2-14H,15-17H2,1H3,(H,29,30)/b24-14-. The lowest BCUT2D eigenvalue weighted by atomic mass is 10.1. The zero-order chi connectivity index (χ0) is 25.5. The molecule has 0 aliphatic carbocycles. The number of hydrogen-bond donors (Lipinski definition) is 1. The Kier molecular flexibility index (Phi) is 8.24. The van der Waals surface area contributed by atoms with Gasteiger partial charge in [-0.1, -0.05) is 72.5 Å². The highest BCUT2D eigenvalue weighted by atomic mass is 32.2. The molecule has 1 saturated heterocycles. The van der Waals surface area contributed by atoms with Crippen LogP contribution in [0, 0.1) is 0 Å². The van der Waals surface area contributed by atoms with E-state index in [2.05, 4.69) is 0 Å². The van der Waals surface area contributed by atoms with Gasteiger partial charge in [0.05, 0.1) is 12.0 Å². The Morgan fingerprint density at radius 2 is 1.64 bits per heavy atom. The Morgan fingerprint density at radius 1 is 0.972 bits per heavy atom. The van der Waals surface area contributed by atoms with E-state index < -0.39 is 18.4 Å². The number of methoxy groups -OCH3 is 1. The highest BCUT2D eigenvalue weighted by Gasteiger charge is 2.33. The zero-order valence-electron chi connectivity index (χ0n) is 19.4. The molecule has 36 heavy (non-hydrogen) atoms. The number of carboxylic acid groups (broad SMARTS) is 1. The Labute approximate surface area is 218 Å². The fourth-order valence-corrected chi connectivity index (χ4v) is 4.64. The molecule has 4 rings (SSSR count). The van der Waals surface area contributed by atoms with Crippen molar-refractivity contribution in [3.8, 4) is 17.2 Å². The van der Waals surface area contributed by atoms with Crippen LogP contribution < -0.4 is 14.2 Å². The maximum atomic E-state index is 12.6. The van der Waals surface area contributed by atoms with Crippen LogP contribution in [0.2, 0.25) is 0 Å². The number of nitrogens with zero attached hydrogens (tertiary/aromatic N) is 1. The van der Waals surface area contributed by atoms with Crippen LogP contribution in [0.5, 0.6) is 17.2 Å². The van der Waals surface area contributed by atoms with Crippen molar-refractivity contribution in [2.75, 3.05) is 13.7 Å². The molecule has 0 saturated carbocycles. The van der Waals surface area contributed by atoms with Crippen LogP contribution in [-0.4, -0.2) is 39.9 Å². The number of rotatable bonds is 10. The van der Waals surface area contributed by atoms with Crippen LogP contribution in [0.25, 0.3) is 6.08 Å². The largest absolute Gasteiger partial charge is 0.497 e. The molecule has 0 radical (unpaired) electrons. The van der Waals surface area contributed by atoms with E-state index >= 15 is 0 Å². The smallest absolute Gasteiger partial charge is 0.323 e. The number of carbonyl (C=O) groups excluding carboxylic acids is 1. The van der Waals surface area contributed by atoms with Gasteiger partial charge >= 0.3 is 5.97 Å². The molecule has 0 spiro atoms. The number of benzene rings is 3. The Morgan fingerprint density at radius 3 is 2.31 bits per heavy atom. The third-order valence-corrected chi connectivity index (χ3v) is 6.60. The van der Waals surface area contributed by atoms with Crippen molar-refractivity contribution in [3.05, 3.63) is 94.4 Å². The summed E-state index contributed by atoms with van der Waals surface area (Å²) in [5, 5.41) is 9.05. The van der Waals surface area contributed by atoms with Gasteiger partial charge < -0.3 is 19.3 Å². The van der Waals surface area contributed by atoms with E-state index in [0.29, 0.717) is 35.2 Å². The van der Waals surface area contributed by atoms with Crippen LogP contribution in [0.15, 0.2) is 77.7 Å². The number of thioether (sulfide) groups is 1. The fourth-order valence-electron chi connectivity index (χ4n) is 3.39. The first kappa shape index (κ1) is 25.3. The van der Waals surface area contributed by atoms with Crippen molar-refractivity contribution in [3.63, 3.8) is 0 Å². The summed E-state index contributed by atoms with van der Waals surface area (Å²) in [6.07, 6.45) is 1.67. The van der Waals surface area contributed by atoms with E-state index in [0.717, 1.165) is 33.5 Å². The molecule has 9 heteroatoms. The molecule has 1 aliphatic heterocycles. The molecule has 1 heterocycles. The van der Waals surface area contributed by atoms with Crippen molar-refractivity contribution in [1.29, 1.82) is 0 Å². The maximum Gasteiger partial charge on any atom is 0.323 e. The minimum absolute atomic E-state index is 0.216. The Hall–Kier alpha value is -3.82. The van der Waals surface area contributed by atoms with Crippen LogP contribution in [0.4, 0.5) is 0 Å². The third-order valence-electron chi connectivity index (χ3n) is 5.22. The van der Waals surface area contributed by atoms with Gasteiger partial charge in [-0.2, -0.15) is 0 Å². The van der Waals surface area contributed by atoms with Gasteiger partial charge in [-0.3, -0.25) is 14.5 Å². The molecule has 3 aromatic carbocycles. The number of ether oxygens (including phenoxy) is 3. The minimum atomic E-state index is -1.12. The predicted molar refractivity (Wildman–Crippen MR) is 142 cm³/mol. The monoisotopic (exact) mass is 521 g/mol. The summed E-state index contributed by atoms with van der Waals surface area (Å²) in [5.74, 6) is 0.282. The molecule has 1 fully saturated rings. The lowest BCUT2D eigenvalue weighted by molar-refractivity contribution is -0.140. The van der Waals surface area contributed by atoms with E-state index in [1.807, 2.05) is 60.7 Å². The van der Waals surface area contributed by atoms with E-state index in [-0.39, 0.29) is 4.32 Å². The van der Waals surface area contributed by atoms with Gasteiger partial charge in [0.15, 0.2) is 11.5 Å². The van der Waals surface area contributed by atoms with Crippen molar-refractivity contribution in [1.82, 2.24) is 4.90 Å². The second-order valence-corrected chi connectivity index (χ2v) is 9.45. The van der Waals surface area contributed by atoms with Gasteiger partial charge in [-0.15, -0.1) is 0 Å². The highest BCUT2D eigenvalue weighted by Crippen LogP contribution is 2.35. The topological polar surface area (TPSA) is 85.3 Å². The van der Waals surface area contributed by atoms with E-state index in [1.165, 1.54) is 0 Å². The summed E-state index contributed by atoms with van der Waals surface area (Å²) < 4.78 is 17.6. The van der Waals surface area contributed by atoms with Gasteiger partial charge in [-0.25, -0.2) is 0 Å². The summed E-state index contributed by atoms with van der Waals surface area (Å²) in [7, 11) is 1.62. The molecular formula is C27H23NO6S2. The molecule has 7 nitrogen and oxygen atoms in total. The lowest BCUT2D eigenvalue weighted by Crippen LogP contribution is -2.33. The number of carbonyl (C=O) groups is 2. The van der Waals surface area contributed by atoms with Crippen molar-refractivity contribution >= 4 is 46.3 Å². The molecule has 3 aromatic rings. The average molecular weight is 522 g/mol. The van der Waals surface area contributed by atoms with Crippen molar-refractivity contribution < 1.29 is 28.9 Å². The van der Waals surface area contributed by atoms with Crippen LogP contribution in [-0.2, 0) is 22.8 Å². The van der Waals surface area contributed by atoms with E-state index in [9.17, 15) is 9.59 Å². The van der Waals surface area contributed by atoms with Crippen LogP contribution >= 0.6 is 24.0 Å². The van der Waals surface area contributed by atoms with Gasteiger partial charge in [0, 0.05) is 0 Å². The Balaban J connectivity index is 1.56. The SMILES string of the molecule is COc1ccc(COc2ccc(/C=C3\SC(=S)N(CC(=O)O)C3=O)cc2OCc2ccccc2)cc1. The molecule has 1 amide bonds. The molecule has 1 aliphatic rings. The number of hydrogen-bond acceptors (Lipinski definition) is 7. The lowest BCUT2D eigenvalue weighted by Gasteiger charge is -2.14. The van der Waals surface area contributed by atoms with Crippen LogP contribution in [0.3, 0.4) is 0 Å². The normalized spacial score (nSPS) is 14.2. The summed E-state index contributed by atoms with van der Waals surface area (Å²) in [5.41, 5.74) is 2.67. The average Bonchev–Trinajstić information content (AvgIpc) is 3.14. The van der Waals surface area contributed by atoms with Gasteiger partial charge in [0.2, 0.25) is 0 Å². The predicted octanol–water partition coefficient (Wildman–Crippen LogP) is 5.14. The van der Waals surface area contributed by atoms with Gasteiger partial charge in [0.1, 0.15) is 29.8 Å². The second kappa shape index (κ2) is 11.7. The van der Waals surface area contributed by atoms with Crippen molar-refractivity contribution in [2.45, 2.75) is 13.2 Å². The number of amides is 1. The van der Waals surface area contributed by atoms with Gasteiger partial charge in [-0.05, 0) is 47.0 Å². The molecule has 1 N–H and O–H groups in total. The highest BCUT2D eigenvalue weighted by molar-refractivity contribution is 8.26. The van der Waals surface area contributed by atoms with E-state index in [4.69, 9.17) is 31.5 Å². The molecule has 0 aromatic heterocycles. The van der Waals surface area contributed by atoms with E-state index in [1.54, 1.807) is 25.3 Å². The first-order chi connectivity index (χ1) is 17.4. The molecule has 184 valence electrons. The number of aliphatic carboxylic acids is 1. The summed E-state index contributed by atoms with van der Waals surface area (Å²) in [6.45, 7) is 0.203. The molecule has 0 bridgehead atoms. The maximum absolute atomic E-state index is 12.6. The first-order valence-electron chi connectivity index (χ1n) is 11.0. The third kappa shape index (κ3) is 6.44. The quantitative estimate of drug-likeness (QED) is 0.290. The summed E-state index contributed by atoms with van der Waals surface area (Å²) in [6, 6.07) is 22.7. The number of carboxylic acids is 1. The van der Waals surface area contributed by atoms with Crippen molar-refractivity contribution in [2.24, 2.45) is 0 Å². The fraction of sp³-hybridized carbons (Fsp3) is 0.148. The number of thiocarbonyl (C=S) groups is 1. The molecular weight excluding hydrogens is 498 g/mol.